The van der Waals surface area contributed by atoms with E-state index in [1.807, 2.05) is 36.2 Å². The second-order valence-electron chi connectivity index (χ2n) is 7.66. The topological polar surface area (TPSA) is 69.6 Å². The largest absolute Gasteiger partial charge is 0.419 e. The predicted molar refractivity (Wildman–Crippen MR) is 126 cm³/mol. The molecular weight excluding hydrogens is 464 g/mol. The summed E-state index contributed by atoms with van der Waals surface area (Å²) in [4.78, 5) is 26.6. The van der Waals surface area contributed by atoms with E-state index >= 15 is 0 Å². The lowest BCUT2D eigenvalue weighted by Crippen LogP contribution is -2.20. The number of carbonyl (C=O) groups excluding carboxylic acids is 2. The molecule has 0 spiro atoms. The minimum atomic E-state index is -4.85. The molecule has 0 aromatic heterocycles. The number of nitrogens with zero attached hydrogens (tertiary/aromatic N) is 1. The van der Waals surface area contributed by atoms with Crippen molar-refractivity contribution in [3.05, 3.63) is 101 Å². The monoisotopic (exact) mass is 486 g/mol. The summed E-state index contributed by atoms with van der Waals surface area (Å²) in [6.07, 6.45) is -1.78. The zero-order valence-electron chi connectivity index (χ0n) is 18.6. The summed E-state index contributed by atoms with van der Waals surface area (Å²) < 4.78 is 51.7. The van der Waals surface area contributed by atoms with Gasteiger partial charge in [-0.25, -0.2) is 4.39 Å². The van der Waals surface area contributed by atoms with Gasteiger partial charge in [0, 0.05) is 36.1 Å². The molecule has 3 aromatic carbocycles. The van der Waals surface area contributed by atoms with Gasteiger partial charge in [0.1, 0.15) is 5.82 Å². The molecular formula is C26H22F4N2O3. The molecule has 0 aliphatic rings. The number of allylic oxidation sites excluding steroid dienone is 1. The maximum atomic E-state index is 13.7. The SMILES string of the molecule is CN(CCO)c1ccc(/C=C/C(=O)c2ccc(NC(=O)c3ccc(C(F)(F)F)c(F)c3)cc2)cc1. The van der Waals surface area contributed by atoms with E-state index in [2.05, 4.69) is 5.32 Å². The molecule has 0 saturated carbocycles. The van der Waals surface area contributed by atoms with Crippen LogP contribution in [-0.4, -0.2) is 37.0 Å². The van der Waals surface area contributed by atoms with Crippen molar-refractivity contribution in [1.29, 1.82) is 0 Å². The molecule has 9 heteroatoms. The number of carbonyl (C=O) groups is 2. The molecule has 35 heavy (non-hydrogen) atoms. The van der Waals surface area contributed by atoms with Crippen molar-refractivity contribution >= 4 is 29.1 Å². The zero-order valence-corrected chi connectivity index (χ0v) is 18.6. The van der Waals surface area contributed by atoms with Crippen LogP contribution >= 0.6 is 0 Å². The molecule has 0 fully saturated rings. The van der Waals surface area contributed by atoms with Crippen molar-refractivity contribution in [2.75, 3.05) is 30.4 Å². The van der Waals surface area contributed by atoms with Gasteiger partial charge in [-0.05, 0) is 66.2 Å². The molecule has 3 aromatic rings. The van der Waals surface area contributed by atoms with Crippen LogP contribution in [0.3, 0.4) is 0 Å². The normalized spacial score (nSPS) is 11.5. The first-order valence-corrected chi connectivity index (χ1v) is 10.5. The van der Waals surface area contributed by atoms with Crippen LogP contribution in [0.5, 0.6) is 0 Å². The van der Waals surface area contributed by atoms with Crippen molar-refractivity contribution in [2.24, 2.45) is 0 Å². The van der Waals surface area contributed by atoms with E-state index in [0.717, 1.165) is 17.3 Å². The van der Waals surface area contributed by atoms with E-state index in [1.165, 1.54) is 30.3 Å². The zero-order chi connectivity index (χ0) is 25.6. The van der Waals surface area contributed by atoms with E-state index < -0.39 is 23.5 Å². The first-order valence-electron chi connectivity index (χ1n) is 10.5. The molecule has 182 valence electrons. The number of likely N-dealkylation sites (N-methyl/N-ethyl adjacent to an activating group) is 1. The van der Waals surface area contributed by atoms with Crippen molar-refractivity contribution in [2.45, 2.75) is 6.18 Å². The fraction of sp³-hybridized carbons (Fsp3) is 0.154. The van der Waals surface area contributed by atoms with E-state index in [4.69, 9.17) is 5.11 Å². The smallest absolute Gasteiger partial charge is 0.395 e. The minimum absolute atomic E-state index is 0.0444. The molecule has 3 rings (SSSR count). The lowest BCUT2D eigenvalue weighted by atomic mass is 10.1. The average molecular weight is 486 g/mol. The third kappa shape index (κ3) is 6.77. The standard InChI is InChI=1S/C26H22F4N2O3/c1-32(14-15-33)21-10-2-17(3-11-21)4-13-24(34)18-5-8-20(9-6-18)31-25(35)19-7-12-22(23(27)16-19)26(28,29)30/h2-13,16,33H,14-15H2,1H3,(H,31,35)/b13-4+. The molecule has 0 atom stereocenters. The molecule has 0 unspecified atom stereocenters. The number of aliphatic hydroxyl groups is 1. The van der Waals surface area contributed by atoms with Crippen LogP contribution in [0.25, 0.3) is 6.08 Å². The van der Waals surface area contributed by atoms with Crippen LogP contribution in [0.1, 0.15) is 31.8 Å². The Kier molecular flexibility index (Phi) is 8.03. The Hall–Kier alpha value is -3.98. The highest BCUT2D eigenvalue weighted by Crippen LogP contribution is 2.31. The van der Waals surface area contributed by atoms with Gasteiger partial charge in [0.15, 0.2) is 5.78 Å². The summed E-state index contributed by atoms with van der Waals surface area (Å²) in [5, 5.41) is 11.5. The highest BCUT2D eigenvalue weighted by Gasteiger charge is 2.34. The number of rotatable bonds is 8. The molecule has 1 amide bonds. The van der Waals surface area contributed by atoms with Gasteiger partial charge in [0.25, 0.3) is 5.91 Å². The number of hydrogen-bond donors (Lipinski definition) is 2. The van der Waals surface area contributed by atoms with Gasteiger partial charge in [-0.1, -0.05) is 18.2 Å². The third-order valence-corrected chi connectivity index (χ3v) is 5.16. The Bertz CT molecular complexity index is 1220. The van der Waals surface area contributed by atoms with E-state index in [0.29, 0.717) is 29.9 Å². The molecule has 0 saturated heterocycles. The molecule has 2 N–H and O–H groups in total. The number of benzene rings is 3. The predicted octanol–water partition coefficient (Wildman–Crippen LogP) is 5.42. The van der Waals surface area contributed by atoms with Crippen LogP contribution in [0.15, 0.2) is 72.8 Å². The fourth-order valence-corrected chi connectivity index (χ4v) is 3.19. The van der Waals surface area contributed by atoms with E-state index in [1.54, 1.807) is 6.08 Å². The molecule has 0 aliphatic carbocycles. The number of ketones is 1. The first kappa shape index (κ1) is 25.6. The molecule has 0 heterocycles. The lowest BCUT2D eigenvalue weighted by Gasteiger charge is -2.17. The Morgan fingerprint density at radius 2 is 1.60 bits per heavy atom. The number of amides is 1. The number of aliphatic hydroxyl groups excluding tert-OH is 1. The minimum Gasteiger partial charge on any atom is -0.395 e. The number of hydrogen-bond acceptors (Lipinski definition) is 4. The number of nitrogens with one attached hydrogen (secondary N) is 1. The van der Waals surface area contributed by atoms with Gasteiger partial charge < -0.3 is 15.3 Å². The number of alkyl halides is 3. The van der Waals surface area contributed by atoms with E-state index in [-0.39, 0.29) is 18.0 Å². The Morgan fingerprint density at radius 3 is 2.17 bits per heavy atom. The van der Waals surface area contributed by atoms with Crippen LogP contribution in [0.2, 0.25) is 0 Å². The van der Waals surface area contributed by atoms with E-state index in [9.17, 15) is 27.2 Å². The summed E-state index contributed by atoms with van der Waals surface area (Å²) in [7, 11) is 1.86. The maximum Gasteiger partial charge on any atom is 0.419 e. The summed E-state index contributed by atoms with van der Waals surface area (Å²) >= 11 is 0. The number of halogens is 4. The lowest BCUT2D eigenvalue weighted by molar-refractivity contribution is -0.140. The van der Waals surface area contributed by atoms with Gasteiger partial charge in [0.05, 0.1) is 12.2 Å². The maximum absolute atomic E-state index is 13.7. The fourth-order valence-electron chi connectivity index (χ4n) is 3.19. The summed E-state index contributed by atoms with van der Waals surface area (Å²) in [5.74, 6) is -2.59. The van der Waals surface area contributed by atoms with Crippen LogP contribution < -0.4 is 10.2 Å². The van der Waals surface area contributed by atoms with Crippen molar-refractivity contribution in [3.63, 3.8) is 0 Å². The van der Waals surface area contributed by atoms with Gasteiger partial charge in [0.2, 0.25) is 0 Å². The van der Waals surface area contributed by atoms with Gasteiger partial charge in [-0.3, -0.25) is 9.59 Å². The van der Waals surface area contributed by atoms with Crippen LogP contribution in [0.4, 0.5) is 28.9 Å². The second kappa shape index (κ2) is 11.0. The quantitative estimate of drug-likeness (QED) is 0.253. The molecule has 0 aliphatic heterocycles. The van der Waals surface area contributed by atoms with Crippen LogP contribution in [-0.2, 0) is 6.18 Å². The molecule has 5 nitrogen and oxygen atoms in total. The Labute approximate surface area is 199 Å². The van der Waals surface area contributed by atoms with Crippen molar-refractivity contribution in [1.82, 2.24) is 0 Å². The van der Waals surface area contributed by atoms with Crippen molar-refractivity contribution < 1.29 is 32.3 Å². The summed E-state index contributed by atoms with van der Waals surface area (Å²) in [5.41, 5.74) is 0.672. The Morgan fingerprint density at radius 1 is 0.971 bits per heavy atom. The van der Waals surface area contributed by atoms with Gasteiger partial charge in [-0.2, -0.15) is 13.2 Å². The van der Waals surface area contributed by atoms with Gasteiger partial charge >= 0.3 is 6.18 Å². The van der Waals surface area contributed by atoms with Gasteiger partial charge in [-0.15, -0.1) is 0 Å². The van der Waals surface area contributed by atoms with Crippen LogP contribution in [0, 0.1) is 5.82 Å². The summed E-state index contributed by atoms with van der Waals surface area (Å²) in [6.45, 7) is 0.550. The highest BCUT2D eigenvalue weighted by molar-refractivity contribution is 6.08. The first-order chi connectivity index (χ1) is 16.6. The third-order valence-electron chi connectivity index (χ3n) is 5.16. The molecule has 0 bridgehead atoms. The summed E-state index contributed by atoms with van der Waals surface area (Å²) in [6, 6.07) is 15.3. The number of anilines is 2. The molecule has 0 radical (unpaired) electrons. The van der Waals surface area contributed by atoms with Crippen molar-refractivity contribution in [3.8, 4) is 0 Å². The second-order valence-corrected chi connectivity index (χ2v) is 7.66. The highest BCUT2D eigenvalue weighted by atomic mass is 19.4. The average Bonchev–Trinajstić information content (AvgIpc) is 2.82. The Balaban J connectivity index is 1.62.